The fraction of sp³-hybridized carbons (Fsp3) is 0.375. The summed E-state index contributed by atoms with van der Waals surface area (Å²) < 4.78 is 24.2. The third-order valence-electron chi connectivity index (χ3n) is 5.92. The molecule has 0 aromatic heterocycles. The second-order valence-electron chi connectivity index (χ2n) is 7.91. The summed E-state index contributed by atoms with van der Waals surface area (Å²) in [6.45, 7) is 4.20. The molecule has 3 rings (SSSR count). The molecule has 1 amide bonds. The number of likely N-dealkylation sites (tertiary alicyclic amines) is 1. The van der Waals surface area contributed by atoms with Crippen molar-refractivity contribution in [2.45, 2.75) is 25.9 Å². The van der Waals surface area contributed by atoms with Crippen molar-refractivity contribution in [1.29, 1.82) is 0 Å². The number of methoxy groups -OCH3 is 1. The highest BCUT2D eigenvalue weighted by Crippen LogP contribution is 2.46. The Bertz CT molecular complexity index is 995. The van der Waals surface area contributed by atoms with Gasteiger partial charge in [0.05, 0.1) is 13.2 Å². The normalized spacial score (nSPS) is 21.2. The van der Waals surface area contributed by atoms with Crippen LogP contribution in [0.1, 0.15) is 30.9 Å². The van der Waals surface area contributed by atoms with Crippen LogP contribution < -0.4 is 9.47 Å². The van der Waals surface area contributed by atoms with E-state index >= 15 is 0 Å². The van der Waals surface area contributed by atoms with Gasteiger partial charge < -0.3 is 24.6 Å². The predicted molar refractivity (Wildman–Crippen MR) is 114 cm³/mol. The molecule has 1 fully saturated rings. The lowest BCUT2D eigenvalue weighted by molar-refractivity contribution is 0.0481. The molecule has 2 N–H and O–H groups in total. The Labute approximate surface area is 181 Å². The summed E-state index contributed by atoms with van der Waals surface area (Å²) in [6, 6.07) is 11.3. The highest BCUT2D eigenvalue weighted by molar-refractivity contribution is 5.66. The minimum atomic E-state index is -1.00. The van der Waals surface area contributed by atoms with Crippen LogP contribution in [0.2, 0.25) is 0 Å². The molecule has 0 aliphatic carbocycles. The zero-order chi connectivity index (χ0) is 22.6. The van der Waals surface area contributed by atoms with Crippen molar-refractivity contribution in [2.75, 3.05) is 26.8 Å². The molecule has 0 saturated carbocycles. The molecule has 6 nitrogen and oxygen atoms in total. The molecule has 7 heteroatoms. The van der Waals surface area contributed by atoms with E-state index < -0.39 is 17.6 Å². The first-order chi connectivity index (χ1) is 14.7. The predicted octanol–water partition coefficient (Wildman–Crippen LogP) is 3.73. The van der Waals surface area contributed by atoms with Gasteiger partial charge in [0, 0.05) is 30.0 Å². The molecule has 0 spiro atoms. The molecule has 0 unspecified atom stereocenters. The topological polar surface area (TPSA) is 79.2 Å². The first-order valence-electron chi connectivity index (χ1n) is 9.95. The zero-order valence-corrected chi connectivity index (χ0v) is 17.8. The van der Waals surface area contributed by atoms with E-state index in [0.29, 0.717) is 17.1 Å². The van der Waals surface area contributed by atoms with Crippen LogP contribution in [-0.2, 0) is 0 Å². The van der Waals surface area contributed by atoms with Crippen LogP contribution in [-0.4, -0.2) is 54.1 Å². The van der Waals surface area contributed by atoms with Gasteiger partial charge in [0.1, 0.15) is 12.4 Å². The van der Waals surface area contributed by atoms with E-state index in [-0.39, 0.29) is 31.4 Å². The fourth-order valence-corrected chi connectivity index (χ4v) is 3.88. The van der Waals surface area contributed by atoms with Crippen molar-refractivity contribution < 1.29 is 28.9 Å². The van der Waals surface area contributed by atoms with Crippen molar-refractivity contribution >= 4 is 6.09 Å². The fourth-order valence-electron chi connectivity index (χ4n) is 3.88. The lowest BCUT2D eigenvalue weighted by Gasteiger charge is -2.33. The van der Waals surface area contributed by atoms with E-state index in [0.717, 1.165) is 5.56 Å². The average Bonchev–Trinajstić information content (AvgIpc) is 3.12. The second kappa shape index (κ2) is 9.27. The molecule has 3 atom stereocenters. The van der Waals surface area contributed by atoms with Crippen molar-refractivity contribution in [3.63, 3.8) is 0 Å². The van der Waals surface area contributed by atoms with Crippen molar-refractivity contribution in [3.05, 3.63) is 59.4 Å². The first kappa shape index (κ1) is 22.4. The number of carboxylic acid groups (broad SMARTS) is 1. The van der Waals surface area contributed by atoms with Gasteiger partial charge in [0.25, 0.3) is 0 Å². The van der Waals surface area contributed by atoms with Crippen molar-refractivity contribution in [2.24, 2.45) is 5.41 Å². The number of halogens is 1. The monoisotopic (exact) mass is 427 g/mol. The van der Waals surface area contributed by atoms with Gasteiger partial charge in [-0.3, -0.25) is 0 Å². The van der Waals surface area contributed by atoms with E-state index in [9.17, 15) is 19.4 Å². The van der Waals surface area contributed by atoms with Crippen LogP contribution in [0.4, 0.5) is 9.18 Å². The number of rotatable bonds is 5. The minimum Gasteiger partial charge on any atom is -0.493 e. The SMILES string of the molecule is COc1ccc([C@@H]2CN(C(=O)O)C[C@@]2(C)[C@@H](C)O)cc1OCC#Cc1ccc(F)cc1. The van der Waals surface area contributed by atoms with Crippen molar-refractivity contribution in [1.82, 2.24) is 4.90 Å². The highest BCUT2D eigenvalue weighted by Gasteiger charge is 2.48. The molecular weight excluding hydrogens is 401 g/mol. The third kappa shape index (κ3) is 4.92. The van der Waals surface area contributed by atoms with E-state index in [2.05, 4.69) is 11.8 Å². The minimum absolute atomic E-state index is 0.0940. The van der Waals surface area contributed by atoms with Gasteiger partial charge in [-0.2, -0.15) is 0 Å². The lowest BCUT2D eigenvalue weighted by Crippen LogP contribution is -2.37. The summed E-state index contributed by atoms with van der Waals surface area (Å²) in [7, 11) is 1.54. The van der Waals surface area contributed by atoms with Gasteiger partial charge in [0.15, 0.2) is 11.5 Å². The maximum absolute atomic E-state index is 13.0. The number of hydrogen-bond donors (Lipinski definition) is 2. The van der Waals surface area contributed by atoms with Crippen LogP contribution >= 0.6 is 0 Å². The first-order valence-corrected chi connectivity index (χ1v) is 9.95. The average molecular weight is 427 g/mol. The number of aliphatic hydroxyl groups excluding tert-OH is 1. The lowest BCUT2D eigenvalue weighted by atomic mass is 9.72. The van der Waals surface area contributed by atoms with Gasteiger partial charge in [0.2, 0.25) is 0 Å². The quantitative estimate of drug-likeness (QED) is 0.711. The second-order valence-corrected chi connectivity index (χ2v) is 7.91. The molecule has 1 aliphatic rings. The smallest absolute Gasteiger partial charge is 0.407 e. The molecule has 164 valence electrons. The molecule has 0 radical (unpaired) electrons. The Kier molecular flexibility index (Phi) is 6.71. The summed E-state index contributed by atoms with van der Waals surface area (Å²) in [5, 5.41) is 19.8. The number of nitrogens with zero attached hydrogens (tertiary/aromatic N) is 1. The number of amides is 1. The number of ether oxygens (including phenoxy) is 2. The van der Waals surface area contributed by atoms with Gasteiger partial charge in [-0.15, -0.1) is 0 Å². The summed E-state index contributed by atoms with van der Waals surface area (Å²) >= 11 is 0. The number of benzene rings is 2. The molecular formula is C24H26FNO5. The number of hydrogen-bond acceptors (Lipinski definition) is 4. The molecule has 1 aliphatic heterocycles. The van der Waals surface area contributed by atoms with Gasteiger partial charge in [-0.25, -0.2) is 9.18 Å². The molecule has 31 heavy (non-hydrogen) atoms. The Balaban J connectivity index is 1.81. The molecule has 1 saturated heterocycles. The standard InChI is InChI=1S/C24H26FNO5/c1-16(27)24(2)15-26(23(28)29)14-20(24)18-8-11-21(30-3)22(13-18)31-12-4-5-17-6-9-19(25)10-7-17/h6-11,13,16,20,27H,12,14-15H2,1-3H3,(H,28,29)/t16-,20+,24+/m1/s1. The van der Waals surface area contributed by atoms with Gasteiger partial charge in [-0.1, -0.05) is 24.8 Å². The maximum Gasteiger partial charge on any atom is 0.407 e. The molecule has 2 aromatic carbocycles. The van der Waals surface area contributed by atoms with Crippen LogP contribution in [0.15, 0.2) is 42.5 Å². The zero-order valence-electron chi connectivity index (χ0n) is 17.8. The summed E-state index contributed by atoms with van der Waals surface area (Å²) in [6.07, 6.45) is -1.70. The number of aliphatic hydroxyl groups is 1. The van der Waals surface area contributed by atoms with Crippen LogP contribution in [0.3, 0.4) is 0 Å². The van der Waals surface area contributed by atoms with E-state index in [1.54, 1.807) is 25.1 Å². The summed E-state index contributed by atoms with van der Waals surface area (Å²) in [4.78, 5) is 12.9. The molecule has 1 heterocycles. The Morgan fingerprint density at radius 1 is 1.29 bits per heavy atom. The Hall–Kier alpha value is -3.24. The largest absolute Gasteiger partial charge is 0.493 e. The maximum atomic E-state index is 13.0. The Morgan fingerprint density at radius 3 is 2.61 bits per heavy atom. The van der Waals surface area contributed by atoms with Crippen LogP contribution in [0.25, 0.3) is 0 Å². The van der Waals surface area contributed by atoms with Crippen LogP contribution in [0.5, 0.6) is 11.5 Å². The highest BCUT2D eigenvalue weighted by atomic mass is 19.1. The van der Waals surface area contributed by atoms with Crippen LogP contribution in [0, 0.1) is 23.1 Å². The Morgan fingerprint density at radius 2 is 2.00 bits per heavy atom. The van der Waals surface area contributed by atoms with Gasteiger partial charge >= 0.3 is 6.09 Å². The van der Waals surface area contributed by atoms with Crippen molar-refractivity contribution in [3.8, 4) is 23.3 Å². The molecule has 2 aromatic rings. The third-order valence-corrected chi connectivity index (χ3v) is 5.92. The summed E-state index contributed by atoms with van der Waals surface area (Å²) in [5.41, 5.74) is 0.902. The van der Waals surface area contributed by atoms with E-state index in [1.165, 1.54) is 24.1 Å². The van der Waals surface area contributed by atoms with E-state index in [1.807, 2.05) is 19.1 Å². The number of carbonyl (C=O) groups is 1. The van der Waals surface area contributed by atoms with E-state index in [4.69, 9.17) is 9.47 Å². The summed E-state index contributed by atoms with van der Waals surface area (Å²) in [5.74, 6) is 6.28. The van der Waals surface area contributed by atoms with Gasteiger partial charge in [-0.05, 0) is 48.9 Å². The molecule has 0 bridgehead atoms.